The average molecular weight is 253 g/mol. The van der Waals surface area contributed by atoms with Crippen molar-refractivity contribution in [2.75, 3.05) is 45.8 Å². The predicted octanol–water partition coefficient (Wildman–Crippen LogP) is 1.79. The molecule has 2 aliphatic rings. The molecule has 3 nitrogen and oxygen atoms in total. The van der Waals surface area contributed by atoms with Gasteiger partial charge in [-0.1, -0.05) is 13.8 Å². The van der Waals surface area contributed by atoms with Crippen molar-refractivity contribution in [3.8, 4) is 0 Å². The molecular formula is C15H31N3. The molecule has 0 aromatic heterocycles. The quantitative estimate of drug-likeness (QED) is 0.665. The van der Waals surface area contributed by atoms with Crippen molar-refractivity contribution in [3.63, 3.8) is 0 Å². The van der Waals surface area contributed by atoms with Crippen LogP contribution in [0.4, 0.5) is 0 Å². The zero-order valence-corrected chi connectivity index (χ0v) is 12.3. The van der Waals surface area contributed by atoms with Crippen molar-refractivity contribution >= 4 is 0 Å². The minimum Gasteiger partial charge on any atom is -0.314 e. The van der Waals surface area contributed by atoms with E-state index in [1.165, 1.54) is 71.5 Å². The van der Waals surface area contributed by atoms with Crippen molar-refractivity contribution in [3.05, 3.63) is 0 Å². The second kappa shape index (κ2) is 7.46. The lowest BCUT2D eigenvalue weighted by molar-refractivity contribution is 0.121. The smallest absolute Gasteiger partial charge is 0.0110 e. The fourth-order valence-electron chi connectivity index (χ4n) is 2.77. The van der Waals surface area contributed by atoms with Crippen LogP contribution in [0.5, 0.6) is 0 Å². The maximum Gasteiger partial charge on any atom is 0.0110 e. The second-order valence-electron chi connectivity index (χ2n) is 6.47. The van der Waals surface area contributed by atoms with Crippen LogP contribution < -0.4 is 5.32 Å². The summed E-state index contributed by atoms with van der Waals surface area (Å²) in [7, 11) is 0. The minimum absolute atomic E-state index is 0.810. The summed E-state index contributed by atoms with van der Waals surface area (Å²) in [5.74, 6) is 0.810. The first-order valence-electron chi connectivity index (χ1n) is 7.92. The van der Waals surface area contributed by atoms with Crippen LogP contribution in [0.15, 0.2) is 0 Å². The van der Waals surface area contributed by atoms with Crippen molar-refractivity contribution < 1.29 is 0 Å². The highest BCUT2D eigenvalue weighted by Crippen LogP contribution is 2.18. The van der Waals surface area contributed by atoms with Gasteiger partial charge in [0, 0.05) is 38.8 Å². The average Bonchev–Trinajstić information content (AvgIpc) is 3.14. The van der Waals surface area contributed by atoms with Gasteiger partial charge in [0.1, 0.15) is 0 Å². The SMILES string of the molecule is CC(C)CN1CCN(CCCCNC2CC2)CC1. The van der Waals surface area contributed by atoms with Crippen LogP contribution in [0.25, 0.3) is 0 Å². The van der Waals surface area contributed by atoms with Crippen LogP contribution in [0.3, 0.4) is 0 Å². The topological polar surface area (TPSA) is 18.5 Å². The van der Waals surface area contributed by atoms with E-state index in [1.54, 1.807) is 0 Å². The molecule has 1 saturated heterocycles. The third kappa shape index (κ3) is 5.68. The number of hydrogen-bond donors (Lipinski definition) is 1. The fourth-order valence-corrected chi connectivity index (χ4v) is 2.77. The molecule has 3 heteroatoms. The summed E-state index contributed by atoms with van der Waals surface area (Å²) in [6, 6.07) is 0.879. The Morgan fingerprint density at radius 2 is 1.67 bits per heavy atom. The summed E-state index contributed by atoms with van der Waals surface area (Å²) >= 11 is 0. The molecule has 1 N–H and O–H groups in total. The Hall–Kier alpha value is -0.120. The summed E-state index contributed by atoms with van der Waals surface area (Å²) in [5, 5.41) is 3.60. The van der Waals surface area contributed by atoms with E-state index in [1.807, 2.05) is 0 Å². The molecule has 1 heterocycles. The molecule has 0 radical (unpaired) electrons. The van der Waals surface area contributed by atoms with E-state index in [9.17, 15) is 0 Å². The van der Waals surface area contributed by atoms with Gasteiger partial charge in [0.15, 0.2) is 0 Å². The molecule has 18 heavy (non-hydrogen) atoms. The van der Waals surface area contributed by atoms with Crippen LogP contribution in [0.1, 0.15) is 39.5 Å². The highest BCUT2D eigenvalue weighted by atomic mass is 15.3. The molecular weight excluding hydrogens is 222 g/mol. The third-order valence-corrected chi connectivity index (χ3v) is 4.00. The van der Waals surface area contributed by atoms with E-state index < -0.39 is 0 Å². The molecule has 0 unspecified atom stereocenters. The van der Waals surface area contributed by atoms with Gasteiger partial charge < -0.3 is 15.1 Å². The van der Waals surface area contributed by atoms with E-state index in [0.717, 1.165) is 12.0 Å². The molecule has 0 atom stereocenters. The summed E-state index contributed by atoms with van der Waals surface area (Å²) < 4.78 is 0. The summed E-state index contributed by atoms with van der Waals surface area (Å²) in [6.07, 6.45) is 5.54. The van der Waals surface area contributed by atoms with Crippen LogP contribution >= 0.6 is 0 Å². The predicted molar refractivity (Wildman–Crippen MR) is 78.0 cm³/mol. The second-order valence-corrected chi connectivity index (χ2v) is 6.47. The van der Waals surface area contributed by atoms with E-state index in [0.29, 0.717) is 0 Å². The first-order valence-corrected chi connectivity index (χ1v) is 7.92. The Morgan fingerprint density at radius 3 is 2.28 bits per heavy atom. The maximum absolute atomic E-state index is 3.60. The van der Waals surface area contributed by atoms with Gasteiger partial charge in [-0.05, 0) is 44.7 Å². The fraction of sp³-hybridized carbons (Fsp3) is 1.00. The third-order valence-electron chi connectivity index (χ3n) is 4.00. The Bertz CT molecular complexity index is 218. The molecule has 0 bridgehead atoms. The van der Waals surface area contributed by atoms with E-state index in [4.69, 9.17) is 0 Å². The van der Waals surface area contributed by atoms with Crippen LogP contribution in [0.2, 0.25) is 0 Å². The Labute approximate surface area is 113 Å². The monoisotopic (exact) mass is 253 g/mol. The van der Waals surface area contributed by atoms with Crippen LogP contribution in [-0.4, -0.2) is 61.7 Å². The van der Waals surface area contributed by atoms with Gasteiger partial charge in [0.25, 0.3) is 0 Å². The standard InChI is InChI=1S/C15H31N3/c1-14(2)13-18-11-9-17(10-12-18)8-4-3-7-16-15-5-6-15/h14-16H,3-13H2,1-2H3. The van der Waals surface area contributed by atoms with Gasteiger partial charge in [-0.15, -0.1) is 0 Å². The number of nitrogens with zero attached hydrogens (tertiary/aromatic N) is 2. The van der Waals surface area contributed by atoms with E-state index >= 15 is 0 Å². The van der Waals surface area contributed by atoms with Crippen LogP contribution in [-0.2, 0) is 0 Å². The van der Waals surface area contributed by atoms with Crippen molar-refractivity contribution in [1.82, 2.24) is 15.1 Å². The lowest BCUT2D eigenvalue weighted by Gasteiger charge is -2.35. The van der Waals surface area contributed by atoms with Gasteiger partial charge in [0.05, 0.1) is 0 Å². The lowest BCUT2D eigenvalue weighted by Crippen LogP contribution is -2.47. The molecule has 1 aliphatic heterocycles. The summed E-state index contributed by atoms with van der Waals surface area (Å²) in [5.41, 5.74) is 0. The first-order chi connectivity index (χ1) is 8.74. The molecule has 0 spiro atoms. The summed E-state index contributed by atoms with van der Waals surface area (Å²) in [6.45, 7) is 13.6. The number of rotatable bonds is 8. The number of piperazine rings is 1. The first kappa shape index (κ1) is 14.3. The van der Waals surface area contributed by atoms with E-state index in [2.05, 4.69) is 29.0 Å². The molecule has 0 amide bonds. The minimum atomic E-state index is 0.810. The number of nitrogens with one attached hydrogen (secondary N) is 1. The molecule has 1 saturated carbocycles. The largest absolute Gasteiger partial charge is 0.314 e. The van der Waals surface area contributed by atoms with Crippen molar-refractivity contribution in [2.45, 2.75) is 45.6 Å². The molecule has 106 valence electrons. The Kier molecular flexibility index (Phi) is 5.93. The molecule has 0 aromatic rings. The van der Waals surface area contributed by atoms with Gasteiger partial charge >= 0.3 is 0 Å². The summed E-state index contributed by atoms with van der Waals surface area (Å²) in [4.78, 5) is 5.27. The van der Waals surface area contributed by atoms with Gasteiger partial charge in [-0.3, -0.25) is 0 Å². The molecule has 1 aliphatic carbocycles. The van der Waals surface area contributed by atoms with Gasteiger partial charge in [-0.25, -0.2) is 0 Å². The van der Waals surface area contributed by atoms with E-state index in [-0.39, 0.29) is 0 Å². The molecule has 2 fully saturated rings. The van der Waals surface area contributed by atoms with Crippen molar-refractivity contribution in [1.29, 1.82) is 0 Å². The normalized spacial score (nSPS) is 22.8. The van der Waals surface area contributed by atoms with Gasteiger partial charge in [-0.2, -0.15) is 0 Å². The number of unbranched alkanes of at least 4 members (excludes halogenated alkanes) is 1. The Morgan fingerprint density at radius 1 is 1.00 bits per heavy atom. The molecule has 2 rings (SSSR count). The van der Waals surface area contributed by atoms with Gasteiger partial charge in [0.2, 0.25) is 0 Å². The zero-order chi connectivity index (χ0) is 12.8. The maximum atomic E-state index is 3.60. The highest BCUT2D eigenvalue weighted by Gasteiger charge is 2.20. The number of hydrogen-bond acceptors (Lipinski definition) is 3. The molecule has 0 aromatic carbocycles. The zero-order valence-electron chi connectivity index (χ0n) is 12.3. The Balaban J connectivity index is 1.45. The van der Waals surface area contributed by atoms with Crippen molar-refractivity contribution in [2.24, 2.45) is 5.92 Å². The van der Waals surface area contributed by atoms with Crippen LogP contribution in [0, 0.1) is 5.92 Å². The lowest BCUT2D eigenvalue weighted by atomic mass is 10.2. The highest BCUT2D eigenvalue weighted by molar-refractivity contribution is 4.80.